The van der Waals surface area contributed by atoms with Gasteiger partial charge in [0.2, 0.25) is 5.82 Å². The van der Waals surface area contributed by atoms with Gasteiger partial charge in [-0.05, 0) is 36.6 Å². The number of hydrogen-bond donors (Lipinski definition) is 1. The summed E-state index contributed by atoms with van der Waals surface area (Å²) in [5, 5.41) is 4.57. The van der Waals surface area contributed by atoms with Crippen molar-refractivity contribution in [2.24, 2.45) is 0 Å². The van der Waals surface area contributed by atoms with Gasteiger partial charge in [-0.3, -0.25) is 4.79 Å². The highest BCUT2D eigenvalue weighted by atomic mass is 35.5. The van der Waals surface area contributed by atoms with Gasteiger partial charge >= 0.3 is 5.97 Å². The Hall–Kier alpha value is -2.91. The van der Waals surface area contributed by atoms with Crippen molar-refractivity contribution in [2.45, 2.75) is 19.9 Å². The van der Waals surface area contributed by atoms with E-state index in [0.29, 0.717) is 45.8 Å². The van der Waals surface area contributed by atoms with E-state index >= 15 is 0 Å². The molecule has 0 spiro atoms. The standard InChI is InChI=1S/C21H21ClN4O4S/c1-4-30-21(28)18-24-17(23-10-11-5-6-14(29-3)13(22)9-11)15-12-7-8-26(2)20(27)16(12)31-19(15)25-18/h5-6,9H,4,7-8,10H2,1-3H3,(H,23,24,25). The van der Waals surface area contributed by atoms with Crippen molar-refractivity contribution in [1.82, 2.24) is 14.9 Å². The number of anilines is 1. The quantitative estimate of drug-likeness (QED) is 0.559. The zero-order chi connectivity index (χ0) is 22.1. The molecule has 1 aromatic carbocycles. The lowest BCUT2D eigenvalue weighted by Gasteiger charge is -2.22. The summed E-state index contributed by atoms with van der Waals surface area (Å²) < 4.78 is 10.3. The first kappa shape index (κ1) is 21.3. The second-order valence-corrected chi connectivity index (χ2v) is 8.41. The number of aromatic nitrogens is 2. The Morgan fingerprint density at radius 1 is 1.35 bits per heavy atom. The number of methoxy groups -OCH3 is 1. The van der Waals surface area contributed by atoms with E-state index in [9.17, 15) is 9.59 Å². The number of fused-ring (bicyclic) bond motifs is 3. The molecule has 1 aliphatic rings. The van der Waals surface area contributed by atoms with Crippen LogP contribution in [-0.4, -0.2) is 54.1 Å². The third-order valence-corrected chi connectivity index (χ3v) is 6.43. The lowest BCUT2D eigenvalue weighted by Crippen LogP contribution is -2.33. The number of hydrogen-bond acceptors (Lipinski definition) is 8. The van der Waals surface area contributed by atoms with Gasteiger partial charge in [0.15, 0.2) is 0 Å². The summed E-state index contributed by atoms with van der Waals surface area (Å²) in [5.41, 5.74) is 1.82. The highest BCUT2D eigenvalue weighted by Gasteiger charge is 2.29. The molecule has 162 valence electrons. The average molecular weight is 461 g/mol. The van der Waals surface area contributed by atoms with Gasteiger partial charge < -0.3 is 19.7 Å². The Morgan fingerprint density at radius 3 is 2.87 bits per heavy atom. The zero-order valence-electron chi connectivity index (χ0n) is 17.3. The van der Waals surface area contributed by atoms with Crippen molar-refractivity contribution >= 4 is 50.8 Å². The number of esters is 1. The topological polar surface area (TPSA) is 93.6 Å². The molecule has 0 unspecified atom stereocenters. The van der Waals surface area contributed by atoms with E-state index in [1.807, 2.05) is 6.07 Å². The molecular weight excluding hydrogens is 440 g/mol. The molecule has 0 saturated carbocycles. The Bertz CT molecular complexity index is 1180. The van der Waals surface area contributed by atoms with Crippen molar-refractivity contribution in [1.29, 1.82) is 0 Å². The van der Waals surface area contributed by atoms with Crippen molar-refractivity contribution in [3.63, 3.8) is 0 Å². The van der Waals surface area contributed by atoms with E-state index < -0.39 is 5.97 Å². The molecule has 31 heavy (non-hydrogen) atoms. The fourth-order valence-electron chi connectivity index (χ4n) is 3.44. The molecule has 4 rings (SSSR count). The van der Waals surface area contributed by atoms with E-state index in [2.05, 4.69) is 15.3 Å². The summed E-state index contributed by atoms with van der Waals surface area (Å²) in [5.74, 6) is 0.400. The summed E-state index contributed by atoms with van der Waals surface area (Å²) in [6, 6.07) is 5.49. The van der Waals surface area contributed by atoms with Gasteiger partial charge in [-0.2, -0.15) is 0 Å². The van der Waals surface area contributed by atoms with Crippen molar-refractivity contribution in [3.05, 3.63) is 45.1 Å². The second kappa shape index (κ2) is 8.68. The minimum Gasteiger partial charge on any atom is -0.495 e. The summed E-state index contributed by atoms with van der Waals surface area (Å²) in [7, 11) is 3.34. The van der Waals surface area contributed by atoms with Crippen LogP contribution >= 0.6 is 22.9 Å². The van der Waals surface area contributed by atoms with E-state index in [1.54, 1.807) is 38.1 Å². The summed E-state index contributed by atoms with van der Waals surface area (Å²) in [4.78, 5) is 36.7. The number of carbonyl (C=O) groups excluding carboxylic acids is 2. The van der Waals surface area contributed by atoms with Crippen LogP contribution in [0.15, 0.2) is 18.2 Å². The van der Waals surface area contributed by atoms with Gasteiger partial charge in [0.1, 0.15) is 16.4 Å². The van der Waals surface area contributed by atoms with Crippen LogP contribution in [0.4, 0.5) is 5.82 Å². The maximum absolute atomic E-state index is 12.6. The number of ether oxygens (including phenoxy) is 2. The number of carbonyl (C=O) groups is 2. The number of rotatable bonds is 6. The lowest BCUT2D eigenvalue weighted by molar-refractivity contribution is 0.0512. The number of nitrogens with zero attached hydrogens (tertiary/aromatic N) is 3. The highest BCUT2D eigenvalue weighted by Crippen LogP contribution is 2.37. The minimum atomic E-state index is -0.602. The fourth-order valence-corrected chi connectivity index (χ4v) is 4.94. The third-order valence-electron chi connectivity index (χ3n) is 5.02. The molecular formula is C21H21ClN4O4S. The first-order valence-corrected chi connectivity index (χ1v) is 10.9. The van der Waals surface area contributed by atoms with Gasteiger partial charge in [-0.25, -0.2) is 14.8 Å². The van der Waals surface area contributed by atoms with Gasteiger partial charge in [-0.15, -0.1) is 11.3 Å². The molecule has 0 saturated heterocycles. The molecule has 0 atom stereocenters. The van der Waals surface area contributed by atoms with Crippen molar-refractivity contribution < 1.29 is 19.1 Å². The molecule has 8 nitrogen and oxygen atoms in total. The van der Waals surface area contributed by atoms with Crippen molar-refractivity contribution in [3.8, 4) is 5.75 Å². The molecule has 0 radical (unpaired) electrons. The normalized spacial score (nSPS) is 13.3. The van der Waals surface area contributed by atoms with Crippen LogP contribution in [0.5, 0.6) is 5.75 Å². The summed E-state index contributed by atoms with van der Waals surface area (Å²) >= 11 is 7.51. The number of benzene rings is 1. The number of amides is 1. The fraction of sp³-hybridized carbons (Fsp3) is 0.333. The number of nitrogens with one attached hydrogen (secondary N) is 1. The van der Waals surface area contributed by atoms with Crippen LogP contribution in [0.1, 0.15) is 38.3 Å². The molecule has 1 N–H and O–H groups in total. The smallest absolute Gasteiger partial charge is 0.376 e. The predicted octanol–water partition coefficient (Wildman–Crippen LogP) is 3.77. The van der Waals surface area contributed by atoms with Crippen LogP contribution in [0.25, 0.3) is 10.2 Å². The Labute approximate surface area is 188 Å². The van der Waals surface area contributed by atoms with Crippen LogP contribution in [0, 0.1) is 0 Å². The monoisotopic (exact) mass is 460 g/mol. The number of likely N-dealkylation sites (N-methyl/N-ethyl adjacent to an activating group) is 1. The van der Waals surface area contributed by atoms with Gasteiger partial charge in [-0.1, -0.05) is 17.7 Å². The first-order chi connectivity index (χ1) is 14.9. The van der Waals surface area contributed by atoms with E-state index in [1.165, 1.54) is 11.3 Å². The van der Waals surface area contributed by atoms with Crippen LogP contribution < -0.4 is 10.1 Å². The van der Waals surface area contributed by atoms with Crippen LogP contribution in [-0.2, 0) is 17.7 Å². The van der Waals surface area contributed by atoms with Gasteiger partial charge in [0, 0.05) is 20.1 Å². The largest absolute Gasteiger partial charge is 0.495 e. The maximum atomic E-state index is 12.6. The highest BCUT2D eigenvalue weighted by molar-refractivity contribution is 7.20. The Kier molecular flexibility index (Phi) is 5.97. The van der Waals surface area contributed by atoms with E-state index in [4.69, 9.17) is 21.1 Å². The number of halogens is 1. The molecule has 0 aliphatic carbocycles. The molecule has 0 fully saturated rings. The zero-order valence-corrected chi connectivity index (χ0v) is 18.9. The van der Waals surface area contributed by atoms with E-state index in [0.717, 1.165) is 16.5 Å². The second-order valence-electron chi connectivity index (χ2n) is 7.01. The minimum absolute atomic E-state index is 0.0380. The molecule has 1 aliphatic heterocycles. The lowest BCUT2D eigenvalue weighted by atomic mass is 10.0. The average Bonchev–Trinajstić information content (AvgIpc) is 3.14. The summed E-state index contributed by atoms with van der Waals surface area (Å²) in [6.45, 7) is 2.97. The molecule has 0 bridgehead atoms. The van der Waals surface area contributed by atoms with Gasteiger partial charge in [0.05, 0.1) is 29.0 Å². The molecule has 2 aromatic heterocycles. The van der Waals surface area contributed by atoms with Crippen molar-refractivity contribution in [2.75, 3.05) is 32.6 Å². The third kappa shape index (κ3) is 4.03. The summed E-state index contributed by atoms with van der Waals surface area (Å²) in [6.07, 6.45) is 0.697. The van der Waals surface area contributed by atoms with Crippen LogP contribution in [0.2, 0.25) is 5.02 Å². The molecule has 3 aromatic rings. The number of thiophene rings is 1. The Balaban J connectivity index is 1.76. The Morgan fingerprint density at radius 2 is 2.16 bits per heavy atom. The molecule has 10 heteroatoms. The van der Waals surface area contributed by atoms with Gasteiger partial charge in [0.25, 0.3) is 5.91 Å². The predicted molar refractivity (Wildman–Crippen MR) is 119 cm³/mol. The SMILES string of the molecule is CCOC(=O)c1nc(NCc2ccc(OC)c(Cl)c2)c2c3c(sc2n1)C(=O)N(C)CC3. The first-order valence-electron chi connectivity index (χ1n) is 9.75. The molecule has 3 heterocycles. The maximum Gasteiger partial charge on any atom is 0.376 e. The molecule has 1 amide bonds. The van der Waals surface area contributed by atoms with E-state index in [-0.39, 0.29) is 18.3 Å². The van der Waals surface area contributed by atoms with Crippen LogP contribution in [0.3, 0.4) is 0 Å².